The molecule has 1 N–H and O–H groups in total. The maximum absolute atomic E-state index is 13.0. The van der Waals surface area contributed by atoms with E-state index in [-0.39, 0.29) is 10.8 Å². The van der Waals surface area contributed by atoms with E-state index in [0.29, 0.717) is 43.0 Å². The fourth-order valence-electron chi connectivity index (χ4n) is 3.30. The minimum atomic E-state index is -3.86. The van der Waals surface area contributed by atoms with Crippen LogP contribution in [0.25, 0.3) is 0 Å². The summed E-state index contributed by atoms with van der Waals surface area (Å²) in [5.74, 6) is -0.237. The van der Waals surface area contributed by atoms with Gasteiger partial charge in [-0.25, -0.2) is 8.42 Å². The predicted octanol–water partition coefficient (Wildman–Crippen LogP) is 2.33. The summed E-state index contributed by atoms with van der Waals surface area (Å²) in [5, 5.41) is 0. The smallest absolute Gasteiger partial charge is 0.262 e. The second kappa shape index (κ2) is 8.24. The average Bonchev–Trinajstić information content (AvgIpc) is 2.71. The minimum absolute atomic E-state index is 0.0794. The van der Waals surface area contributed by atoms with Crippen LogP contribution in [0.4, 0.5) is 5.69 Å². The normalized spacial score (nSPS) is 14.6. The van der Waals surface area contributed by atoms with Crippen LogP contribution in [0.15, 0.2) is 41.3 Å². The Balaban J connectivity index is 1.87. The van der Waals surface area contributed by atoms with Crippen LogP contribution in [0.5, 0.6) is 0 Å². The molecule has 154 valence electrons. The van der Waals surface area contributed by atoms with Crippen LogP contribution in [0.3, 0.4) is 0 Å². The van der Waals surface area contributed by atoms with E-state index in [4.69, 9.17) is 0 Å². The van der Waals surface area contributed by atoms with Gasteiger partial charge in [0.15, 0.2) is 0 Å². The lowest BCUT2D eigenvalue weighted by Gasteiger charge is -2.32. The minimum Gasteiger partial charge on any atom is -0.342 e. The Morgan fingerprint density at radius 2 is 1.69 bits per heavy atom. The molecule has 0 radical (unpaired) electrons. The Morgan fingerprint density at radius 3 is 2.34 bits per heavy atom. The van der Waals surface area contributed by atoms with Crippen LogP contribution in [-0.2, 0) is 14.8 Å². The lowest BCUT2D eigenvalue weighted by Crippen LogP contribution is -2.48. The Kier molecular flexibility index (Phi) is 5.93. The summed E-state index contributed by atoms with van der Waals surface area (Å²) in [6.07, 6.45) is 0.775. The fraction of sp³-hybridized carbons (Fsp3) is 0.333. The number of amides is 2. The number of nitrogens with zero attached hydrogens (tertiary/aromatic N) is 2. The molecule has 0 bridgehead atoms. The van der Waals surface area contributed by atoms with Crippen LogP contribution in [0.1, 0.15) is 27.0 Å². The first kappa shape index (κ1) is 20.9. The monoisotopic (exact) mass is 415 g/mol. The van der Waals surface area contributed by atoms with Gasteiger partial charge in [0.25, 0.3) is 15.9 Å². The molecule has 0 saturated carbocycles. The zero-order chi connectivity index (χ0) is 21.2. The molecule has 2 aromatic rings. The SMILES string of the molecule is Cc1ccc(C(=O)N2CCN(C=O)CC2)cc1S(=O)(=O)Nc1cccc(C)c1C. The summed E-state index contributed by atoms with van der Waals surface area (Å²) in [5.41, 5.74) is 3.24. The summed E-state index contributed by atoms with van der Waals surface area (Å²) in [7, 11) is -3.86. The lowest BCUT2D eigenvalue weighted by atomic mass is 10.1. The van der Waals surface area contributed by atoms with Gasteiger partial charge < -0.3 is 9.80 Å². The van der Waals surface area contributed by atoms with E-state index >= 15 is 0 Å². The molecule has 1 heterocycles. The molecule has 0 unspecified atom stereocenters. The van der Waals surface area contributed by atoms with Crippen molar-refractivity contribution in [3.05, 3.63) is 58.7 Å². The molecule has 0 spiro atoms. The number of hydrogen-bond acceptors (Lipinski definition) is 4. The third-order valence-corrected chi connectivity index (χ3v) is 6.83. The molecule has 1 fully saturated rings. The quantitative estimate of drug-likeness (QED) is 0.760. The number of aryl methyl sites for hydroxylation is 2. The number of hydrogen-bond donors (Lipinski definition) is 1. The number of nitrogens with one attached hydrogen (secondary N) is 1. The van der Waals surface area contributed by atoms with Gasteiger partial charge in [-0.05, 0) is 55.7 Å². The number of piperazine rings is 1. The number of rotatable bonds is 5. The van der Waals surface area contributed by atoms with Crippen molar-refractivity contribution in [1.82, 2.24) is 9.80 Å². The third kappa shape index (κ3) is 4.42. The molecule has 1 saturated heterocycles. The van der Waals surface area contributed by atoms with E-state index in [1.807, 2.05) is 19.9 Å². The highest BCUT2D eigenvalue weighted by Gasteiger charge is 2.24. The van der Waals surface area contributed by atoms with Crippen molar-refractivity contribution < 1.29 is 18.0 Å². The molecule has 1 aliphatic heterocycles. The fourth-order valence-corrected chi connectivity index (χ4v) is 4.69. The van der Waals surface area contributed by atoms with Gasteiger partial charge in [-0.3, -0.25) is 14.3 Å². The first-order valence-corrected chi connectivity index (χ1v) is 10.9. The maximum Gasteiger partial charge on any atom is 0.262 e. The summed E-state index contributed by atoms with van der Waals surface area (Å²) in [4.78, 5) is 27.0. The summed E-state index contributed by atoms with van der Waals surface area (Å²) >= 11 is 0. The highest BCUT2D eigenvalue weighted by atomic mass is 32.2. The van der Waals surface area contributed by atoms with Gasteiger partial charge >= 0.3 is 0 Å². The van der Waals surface area contributed by atoms with Gasteiger partial charge in [-0.2, -0.15) is 0 Å². The third-order valence-electron chi connectivity index (χ3n) is 5.32. The largest absolute Gasteiger partial charge is 0.342 e. The molecule has 0 aromatic heterocycles. The van der Waals surface area contributed by atoms with Gasteiger partial charge in [-0.15, -0.1) is 0 Å². The van der Waals surface area contributed by atoms with Gasteiger partial charge in [0, 0.05) is 31.7 Å². The van der Waals surface area contributed by atoms with Crippen LogP contribution >= 0.6 is 0 Å². The van der Waals surface area contributed by atoms with Crippen molar-refractivity contribution in [3.63, 3.8) is 0 Å². The first-order chi connectivity index (χ1) is 13.7. The van der Waals surface area contributed by atoms with E-state index in [1.54, 1.807) is 41.0 Å². The zero-order valence-electron chi connectivity index (χ0n) is 16.8. The molecule has 2 aromatic carbocycles. The van der Waals surface area contributed by atoms with Crippen molar-refractivity contribution in [1.29, 1.82) is 0 Å². The molecule has 0 atom stereocenters. The molecule has 0 aliphatic carbocycles. The van der Waals surface area contributed by atoms with Gasteiger partial charge in [0.2, 0.25) is 6.41 Å². The van der Waals surface area contributed by atoms with Crippen LogP contribution in [0.2, 0.25) is 0 Å². The van der Waals surface area contributed by atoms with E-state index in [0.717, 1.165) is 17.5 Å². The van der Waals surface area contributed by atoms with Crippen molar-refractivity contribution in [2.45, 2.75) is 25.7 Å². The Labute approximate surface area is 171 Å². The van der Waals surface area contributed by atoms with E-state index < -0.39 is 10.0 Å². The molecular formula is C21H25N3O4S. The summed E-state index contributed by atoms with van der Waals surface area (Å²) in [6, 6.07) is 10.1. The number of carbonyl (C=O) groups is 2. The van der Waals surface area contributed by atoms with Gasteiger partial charge in [0.1, 0.15) is 0 Å². The average molecular weight is 416 g/mol. The second-order valence-electron chi connectivity index (χ2n) is 7.27. The van der Waals surface area contributed by atoms with Gasteiger partial charge in [-0.1, -0.05) is 18.2 Å². The number of sulfonamides is 1. The molecule has 7 nitrogen and oxygen atoms in total. The molecule has 2 amide bonds. The Hall–Kier alpha value is -2.87. The maximum atomic E-state index is 13.0. The van der Waals surface area contributed by atoms with Crippen LogP contribution in [0, 0.1) is 20.8 Å². The molecule has 29 heavy (non-hydrogen) atoms. The van der Waals surface area contributed by atoms with Crippen LogP contribution < -0.4 is 4.72 Å². The summed E-state index contributed by atoms with van der Waals surface area (Å²) < 4.78 is 28.7. The van der Waals surface area contributed by atoms with Crippen molar-refractivity contribution in [3.8, 4) is 0 Å². The molecular weight excluding hydrogens is 390 g/mol. The van der Waals surface area contributed by atoms with Crippen LogP contribution in [-0.4, -0.2) is 56.7 Å². The van der Waals surface area contributed by atoms with E-state index in [1.165, 1.54) is 6.07 Å². The lowest BCUT2D eigenvalue weighted by molar-refractivity contribution is -0.119. The number of carbonyl (C=O) groups excluding carboxylic acids is 2. The highest BCUT2D eigenvalue weighted by molar-refractivity contribution is 7.92. The first-order valence-electron chi connectivity index (χ1n) is 9.41. The zero-order valence-corrected chi connectivity index (χ0v) is 17.6. The Morgan fingerprint density at radius 1 is 1.00 bits per heavy atom. The van der Waals surface area contributed by atoms with Crippen molar-refractivity contribution in [2.24, 2.45) is 0 Å². The molecule has 3 rings (SSSR count). The summed E-state index contributed by atoms with van der Waals surface area (Å²) in [6.45, 7) is 7.28. The van der Waals surface area contributed by atoms with E-state index in [2.05, 4.69) is 4.72 Å². The number of anilines is 1. The van der Waals surface area contributed by atoms with Gasteiger partial charge in [0.05, 0.1) is 10.6 Å². The molecule has 1 aliphatic rings. The van der Waals surface area contributed by atoms with Crippen molar-refractivity contribution in [2.75, 3.05) is 30.9 Å². The highest BCUT2D eigenvalue weighted by Crippen LogP contribution is 2.25. The van der Waals surface area contributed by atoms with E-state index in [9.17, 15) is 18.0 Å². The predicted molar refractivity (Wildman–Crippen MR) is 111 cm³/mol. The number of benzene rings is 2. The Bertz CT molecular complexity index is 1040. The van der Waals surface area contributed by atoms with Crippen molar-refractivity contribution >= 4 is 28.0 Å². The second-order valence-corrected chi connectivity index (χ2v) is 8.92. The molecule has 8 heteroatoms. The topological polar surface area (TPSA) is 86.8 Å². The standard InChI is InChI=1S/C21H25N3O4S/c1-15-5-4-6-19(17(15)3)22-29(27,28)20-13-18(8-7-16(20)2)21(26)24-11-9-23(14-25)10-12-24/h4-8,13-14,22H,9-12H2,1-3H3.